The second-order valence-corrected chi connectivity index (χ2v) is 7.49. The van der Waals surface area contributed by atoms with Gasteiger partial charge in [-0.25, -0.2) is 9.98 Å². The molecule has 2 aromatic rings. The topological polar surface area (TPSA) is 58.5 Å². The van der Waals surface area contributed by atoms with Gasteiger partial charge in [-0.1, -0.05) is 30.3 Å². The molecule has 25 heavy (non-hydrogen) atoms. The third kappa shape index (κ3) is 5.83. The van der Waals surface area contributed by atoms with Crippen molar-refractivity contribution in [3.63, 3.8) is 0 Å². The second kappa shape index (κ2) is 8.97. The highest BCUT2D eigenvalue weighted by molar-refractivity contribution is 7.15. The summed E-state index contributed by atoms with van der Waals surface area (Å²) in [5.74, 6) is 0.793. The molecule has 2 N–H and O–H groups in total. The molecule has 0 unspecified atom stereocenters. The fraction of sp³-hybridized carbons (Fsp3) is 0.474. The predicted octanol–water partition coefficient (Wildman–Crippen LogP) is 3.60. The number of benzene rings is 1. The highest BCUT2D eigenvalue weighted by atomic mass is 32.1. The van der Waals surface area contributed by atoms with E-state index in [1.165, 1.54) is 4.88 Å². The number of hydrogen-bond donors (Lipinski definition) is 2. The fourth-order valence-corrected chi connectivity index (χ4v) is 3.13. The Morgan fingerprint density at radius 3 is 2.60 bits per heavy atom. The monoisotopic (exact) mass is 360 g/mol. The minimum absolute atomic E-state index is 0.239. The molecule has 2 rings (SSSR count). The summed E-state index contributed by atoms with van der Waals surface area (Å²) in [5.41, 5.74) is 1.95. The van der Waals surface area contributed by atoms with E-state index in [2.05, 4.69) is 29.7 Å². The Balaban J connectivity index is 2.08. The number of aliphatic imine (C=N–C) groups is 1. The van der Waals surface area contributed by atoms with E-state index in [1.807, 2.05) is 39.0 Å². The van der Waals surface area contributed by atoms with Crippen molar-refractivity contribution in [2.45, 2.75) is 39.8 Å². The Bertz CT molecular complexity index is 695. The number of rotatable bonds is 7. The van der Waals surface area contributed by atoms with Crippen molar-refractivity contribution in [1.29, 1.82) is 0 Å². The maximum atomic E-state index is 5.45. The fourth-order valence-electron chi connectivity index (χ4n) is 2.14. The molecule has 136 valence electrons. The molecule has 0 atom stereocenters. The van der Waals surface area contributed by atoms with E-state index >= 15 is 0 Å². The zero-order valence-corrected chi connectivity index (χ0v) is 16.5. The lowest BCUT2D eigenvalue weighted by Gasteiger charge is -2.24. The van der Waals surface area contributed by atoms with Gasteiger partial charge >= 0.3 is 0 Å². The second-order valence-electron chi connectivity index (χ2n) is 6.41. The van der Waals surface area contributed by atoms with Crippen LogP contribution in [0.3, 0.4) is 0 Å². The highest BCUT2D eigenvalue weighted by Crippen LogP contribution is 2.28. The molecule has 0 aliphatic rings. The number of guanidine groups is 1. The van der Waals surface area contributed by atoms with Crippen LogP contribution in [-0.4, -0.2) is 36.7 Å². The number of hydrogen-bond acceptors (Lipinski definition) is 4. The number of aromatic nitrogens is 1. The number of nitrogens with zero attached hydrogens (tertiary/aromatic N) is 2. The first-order valence-electron chi connectivity index (χ1n) is 8.54. The molecule has 6 heteroatoms. The summed E-state index contributed by atoms with van der Waals surface area (Å²) < 4.78 is 5.45. The summed E-state index contributed by atoms with van der Waals surface area (Å²) in [7, 11) is 1.72. The summed E-state index contributed by atoms with van der Waals surface area (Å²) in [6.07, 6.45) is 0. The zero-order chi connectivity index (χ0) is 18.3. The number of methoxy groups -OCH3 is 1. The van der Waals surface area contributed by atoms with Crippen molar-refractivity contribution >= 4 is 17.3 Å². The normalized spacial score (nSPS) is 12.3. The van der Waals surface area contributed by atoms with Gasteiger partial charge in [-0.3, -0.25) is 0 Å². The molecule has 1 heterocycles. The molecule has 0 radical (unpaired) electrons. The molecule has 1 aromatic carbocycles. The largest absolute Gasteiger partial charge is 0.377 e. The number of ether oxygens (including phenoxy) is 1. The summed E-state index contributed by atoms with van der Waals surface area (Å²) >= 11 is 1.70. The number of thiazole rings is 1. The van der Waals surface area contributed by atoms with Crippen LogP contribution in [0, 0.1) is 6.92 Å². The Labute approximate surface area is 154 Å². The van der Waals surface area contributed by atoms with Gasteiger partial charge in [0.05, 0.1) is 17.8 Å². The first-order valence-corrected chi connectivity index (χ1v) is 9.36. The van der Waals surface area contributed by atoms with Crippen LogP contribution in [0.25, 0.3) is 10.6 Å². The third-order valence-electron chi connectivity index (χ3n) is 3.87. The lowest BCUT2D eigenvalue weighted by Crippen LogP contribution is -2.45. The van der Waals surface area contributed by atoms with E-state index in [-0.39, 0.29) is 5.60 Å². The molecular formula is C19H28N4OS. The molecular weight excluding hydrogens is 332 g/mol. The molecule has 0 saturated heterocycles. The first-order chi connectivity index (χ1) is 11.9. The predicted molar refractivity (Wildman–Crippen MR) is 106 cm³/mol. The van der Waals surface area contributed by atoms with Crippen LogP contribution in [0.1, 0.15) is 31.3 Å². The van der Waals surface area contributed by atoms with Gasteiger partial charge in [0.2, 0.25) is 0 Å². The van der Waals surface area contributed by atoms with Crippen LogP contribution < -0.4 is 10.6 Å². The molecule has 0 bridgehead atoms. The van der Waals surface area contributed by atoms with Gasteiger partial charge in [0.1, 0.15) is 5.01 Å². The van der Waals surface area contributed by atoms with Crippen LogP contribution in [0.4, 0.5) is 0 Å². The number of aryl methyl sites for hydroxylation is 1. The van der Waals surface area contributed by atoms with Crippen molar-refractivity contribution in [1.82, 2.24) is 15.6 Å². The van der Waals surface area contributed by atoms with Gasteiger partial charge in [-0.2, -0.15) is 0 Å². The molecule has 0 spiro atoms. The number of nitrogens with one attached hydrogen (secondary N) is 2. The van der Waals surface area contributed by atoms with E-state index in [9.17, 15) is 0 Å². The smallest absolute Gasteiger partial charge is 0.191 e. The van der Waals surface area contributed by atoms with E-state index in [0.29, 0.717) is 13.1 Å². The standard InChI is InChI=1S/C19H28N4OS/c1-6-20-18(22-13-19(3,4)24-5)21-12-16-14(2)23-17(25-16)15-10-8-7-9-11-15/h7-11H,6,12-13H2,1-5H3,(H2,20,21,22). The molecule has 0 saturated carbocycles. The van der Waals surface area contributed by atoms with Gasteiger partial charge in [-0.15, -0.1) is 11.3 Å². The maximum Gasteiger partial charge on any atom is 0.191 e. The van der Waals surface area contributed by atoms with Crippen molar-refractivity contribution in [3.8, 4) is 10.6 Å². The van der Waals surface area contributed by atoms with Crippen molar-refractivity contribution in [2.24, 2.45) is 4.99 Å². The zero-order valence-electron chi connectivity index (χ0n) is 15.7. The van der Waals surface area contributed by atoms with Crippen LogP contribution in [-0.2, 0) is 11.3 Å². The summed E-state index contributed by atoms with van der Waals surface area (Å²) in [6.45, 7) is 10.3. The van der Waals surface area contributed by atoms with Crippen molar-refractivity contribution in [3.05, 3.63) is 40.9 Å². The van der Waals surface area contributed by atoms with Crippen LogP contribution in [0.2, 0.25) is 0 Å². The van der Waals surface area contributed by atoms with Crippen LogP contribution in [0.15, 0.2) is 35.3 Å². The van der Waals surface area contributed by atoms with Crippen LogP contribution >= 0.6 is 11.3 Å². The Kier molecular flexibility index (Phi) is 6.96. The molecule has 0 aliphatic heterocycles. The summed E-state index contributed by atoms with van der Waals surface area (Å²) in [5, 5.41) is 7.66. The minimum Gasteiger partial charge on any atom is -0.377 e. The SMILES string of the molecule is CCNC(=NCc1sc(-c2ccccc2)nc1C)NCC(C)(C)OC. The lowest BCUT2D eigenvalue weighted by molar-refractivity contribution is 0.0268. The van der Waals surface area contributed by atoms with Crippen LogP contribution in [0.5, 0.6) is 0 Å². The Morgan fingerprint density at radius 1 is 1.24 bits per heavy atom. The van der Waals surface area contributed by atoms with Gasteiger partial charge in [-0.05, 0) is 27.7 Å². The maximum absolute atomic E-state index is 5.45. The third-order valence-corrected chi connectivity index (χ3v) is 5.06. The first kappa shape index (κ1) is 19.4. The van der Waals surface area contributed by atoms with Gasteiger partial charge in [0, 0.05) is 30.6 Å². The van der Waals surface area contributed by atoms with Crippen molar-refractivity contribution in [2.75, 3.05) is 20.2 Å². The van der Waals surface area contributed by atoms with E-state index in [0.717, 1.165) is 28.8 Å². The Morgan fingerprint density at radius 2 is 1.96 bits per heavy atom. The Hall–Kier alpha value is -1.92. The highest BCUT2D eigenvalue weighted by Gasteiger charge is 2.16. The minimum atomic E-state index is -0.239. The lowest BCUT2D eigenvalue weighted by atomic mass is 10.1. The molecule has 0 fully saturated rings. The summed E-state index contributed by atoms with van der Waals surface area (Å²) in [4.78, 5) is 10.6. The van der Waals surface area contributed by atoms with E-state index < -0.39 is 0 Å². The molecule has 5 nitrogen and oxygen atoms in total. The van der Waals surface area contributed by atoms with E-state index in [1.54, 1.807) is 18.4 Å². The van der Waals surface area contributed by atoms with E-state index in [4.69, 9.17) is 14.7 Å². The quantitative estimate of drug-likeness (QED) is 0.585. The summed E-state index contributed by atoms with van der Waals surface area (Å²) in [6, 6.07) is 10.3. The average molecular weight is 361 g/mol. The van der Waals surface area contributed by atoms with Gasteiger partial charge < -0.3 is 15.4 Å². The van der Waals surface area contributed by atoms with Crippen molar-refractivity contribution < 1.29 is 4.74 Å². The van der Waals surface area contributed by atoms with Gasteiger partial charge in [0.25, 0.3) is 0 Å². The molecule has 1 aromatic heterocycles. The molecule has 0 amide bonds. The average Bonchev–Trinajstić information content (AvgIpc) is 2.99. The molecule has 0 aliphatic carbocycles. The van der Waals surface area contributed by atoms with Gasteiger partial charge in [0.15, 0.2) is 5.96 Å².